The van der Waals surface area contributed by atoms with Crippen LogP contribution >= 0.6 is 0 Å². The maximum Gasteiger partial charge on any atom is 0.313 e. The number of morpholine rings is 1. The van der Waals surface area contributed by atoms with Crippen molar-refractivity contribution in [1.82, 2.24) is 20.0 Å². The number of methoxy groups -OCH3 is 1. The van der Waals surface area contributed by atoms with E-state index >= 15 is 0 Å². The summed E-state index contributed by atoms with van der Waals surface area (Å²) < 4.78 is 23.9. The van der Waals surface area contributed by atoms with Crippen LogP contribution < -0.4 is 5.32 Å². The SMILES string of the molecule is COC[C@@H]1NC(=O)CC/C=C\CN(CCN2CCOCC2)C(=O)[C@H]2N(CCCCCCO)C(=O)[C@@H]3[C@@H](C(=O)O[C@H]1c1ccccc1)[C@H]1C=C[C@]32O1. The number of cyclic esters (lactones) is 1. The fourth-order valence-corrected chi connectivity index (χ4v) is 8.18. The molecule has 0 saturated carbocycles. The zero-order chi connectivity index (χ0) is 35.8. The number of aliphatic hydroxyl groups excluding tert-OH is 1. The number of benzene rings is 1. The van der Waals surface area contributed by atoms with Gasteiger partial charge in [-0.15, -0.1) is 0 Å². The van der Waals surface area contributed by atoms with Gasteiger partial charge in [-0.3, -0.25) is 24.1 Å². The molecule has 13 heteroatoms. The van der Waals surface area contributed by atoms with Crippen molar-refractivity contribution in [2.24, 2.45) is 11.8 Å². The quantitative estimate of drug-likeness (QED) is 0.187. The smallest absolute Gasteiger partial charge is 0.313 e. The Morgan fingerprint density at radius 2 is 1.75 bits per heavy atom. The first-order chi connectivity index (χ1) is 24.9. The second-order valence-corrected chi connectivity index (χ2v) is 14.0. The molecule has 7 atom stereocenters. The monoisotopic (exact) mass is 708 g/mol. The van der Waals surface area contributed by atoms with Crippen molar-refractivity contribution in [3.05, 3.63) is 60.2 Å². The first-order valence-electron chi connectivity index (χ1n) is 18.4. The third-order valence-corrected chi connectivity index (χ3v) is 10.7. The maximum atomic E-state index is 14.9. The number of nitrogens with one attached hydrogen (secondary N) is 1. The number of unbranched alkanes of at least 4 members (excludes halogenated alkanes) is 3. The van der Waals surface area contributed by atoms with Gasteiger partial charge in [-0.05, 0) is 24.8 Å². The number of rotatable bonds is 12. The lowest BCUT2D eigenvalue weighted by Crippen LogP contribution is -2.57. The molecule has 5 heterocycles. The number of amides is 3. The number of ether oxygens (including phenoxy) is 4. The van der Waals surface area contributed by atoms with Crippen molar-refractivity contribution in [2.45, 2.75) is 68.4 Å². The predicted octanol–water partition coefficient (Wildman–Crippen LogP) is 1.62. The molecule has 1 aromatic carbocycles. The van der Waals surface area contributed by atoms with E-state index in [2.05, 4.69) is 10.2 Å². The van der Waals surface area contributed by atoms with Gasteiger partial charge < -0.3 is 39.2 Å². The topological polar surface area (TPSA) is 147 Å². The van der Waals surface area contributed by atoms with Crippen LogP contribution in [0.3, 0.4) is 0 Å². The van der Waals surface area contributed by atoms with Crippen molar-refractivity contribution in [2.75, 3.05) is 72.8 Å². The third kappa shape index (κ3) is 8.07. The lowest BCUT2D eigenvalue weighted by atomic mass is 9.74. The van der Waals surface area contributed by atoms with E-state index < -0.39 is 47.7 Å². The molecular weight excluding hydrogens is 656 g/mol. The minimum absolute atomic E-state index is 0.0873. The number of carbonyl (C=O) groups excluding carboxylic acids is 4. The maximum absolute atomic E-state index is 14.9. The van der Waals surface area contributed by atoms with Crippen LogP contribution in [0, 0.1) is 11.8 Å². The van der Waals surface area contributed by atoms with Gasteiger partial charge >= 0.3 is 5.97 Å². The number of fused-ring (bicyclic) bond motifs is 2. The molecule has 13 nitrogen and oxygen atoms in total. The van der Waals surface area contributed by atoms with Crippen LogP contribution in [0.2, 0.25) is 0 Å². The van der Waals surface area contributed by atoms with Crippen molar-refractivity contribution in [3.8, 4) is 0 Å². The molecule has 2 N–H and O–H groups in total. The van der Waals surface area contributed by atoms with Crippen LogP contribution in [0.5, 0.6) is 0 Å². The molecule has 0 aromatic heterocycles. The predicted molar refractivity (Wildman–Crippen MR) is 186 cm³/mol. The van der Waals surface area contributed by atoms with Gasteiger partial charge in [-0.25, -0.2) is 0 Å². The number of allylic oxidation sites excluding steroid dienone is 1. The van der Waals surface area contributed by atoms with Crippen LogP contribution in [0.25, 0.3) is 0 Å². The van der Waals surface area contributed by atoms with Crippen molar-refractivity contribution in [1.29, 1.82) is 0 Å². The molecule has 0 radical (unpaired) electrons. The molecule has 6 rings (SSSR count). The van der Waals surface area contributed by atoms with Crippen LogP contribution in [0.4, 0.5) is 0 Å². The molecule has 0 unspecified atom stereocenters. The molecule has 3 fully saturated rings. The van der Waals surface area contributed by atoms with Gasteiger partial charge in [0.15, 0.2) is 0 Å². The third-order valence-electron chi connectivity index (χ3n) is 10.7. The molecule has 3 amide bonds. The molecule has 3 saturated heterocycles. The van der Waals surface area contributed by atoms with Crippen LogP contribution in [0.1, 0.15) is 50.2 Å². The van der Waals surface area contributed by atoms with E-state index in [1.807, 2.05) is 48.6 Å². The number of esters is 1. The fourth-order valence-electron chi connectivity index (χ4n) is 8.18. The van der Waals surface area contributed by atoms with Gasteiger partial charge in [0.1, 0.15) is 23.7 Å². The molecule has 278 valence electrons. The minimum atomic E-state index is -1.33. The zero-order valence-corrected chi connectivity index (χ0v) is 29.5. The highest BCUT2D eigenvalue weighted by atomic mass is 16.6. The Bertz CT molecular complexity index is 1430. The van der Waals surface area contributed by atoms with E-state index in [1.165, 1.54) is 7.11 Å². The van der Waals surface area contributed by atoms with Gasteiger partial charge in [0, 0.05) is 59.4 Å². The van der Waals surface area contributed by atoms with Crippen LogP contribution in [0.15, 0.2) is 54.6 Å². The number of carbonyl (C=O) groups is 4. The highest BCUT2D eigenvalue weighted by Gasteiger charge is 2.73. The van der Waals surface area contributed by atoms with Gasteiger partial charge in [0.05, 0.1) is 37.9 Å². The van der Waals surface area contributed by atoms with E-state index in [0.717, 1.165) is 25.9 Å². The minimum Gasteiger partial charge on any atom is -0.455 e. The first-order valence-corrected chi connectivity index (χ1v) is 18.4. The second-order valence-electron chi connectivity index (χ2n) is 14.0. The van der Waals surface area contributed by atoms with Gasteiger partial charge in [-0.2, -0.15) is 0 Å². The molecule has 5 bridgehead atoms. The van der Waals surface area contributed by atoms with Gasteiger partial charge in [0.25, 0.3) is 0 Å². The number of likely N-dealkylation sites (tertiary alicyclic amines) is 1. The summed E-state index contributed by atoms with van der Waals surface area (Å²) in [5.41, 5.74) is -0.656. The summed E-state index contributed by atoms with van der Waals surface area (Å²) in [6.45, 7) is 4.68. The average Bonchev–Trinajstić information content (AvgIpc) is 3.79. The largest absolute Gasteiger partial charge is 0.455 e. The van der Waals surface area contributed by atoms with E-state index in [0.29, 0.717) is 64.2 Å². The van der Waals surface area contributed by atoms with Crippen LogP contribution in [-0.2, 0) is 38.1 Å². The highest BCUT2D eigenvalue weighted by molar-refractivity contribution is 5.99. The molecule has 5 aliphatic rings. The average molecular weight is 709 g/mol. The lowest BCUT2D eigenvalue weighted by Gasteiger charge is -2.37. The molecule has 0 aliphatic carbocycles. The molecule has 51 heavy (non-hydrogen) atoms. The molecule has 1 spiro atoms. The summed E-state index contributed by atoms with van der Waals surface area (Å²) in [6, 6.07) is 7.52. The standard InChI is InChI=1S/C38H52N4O9/c1-48-26-28-33(27-12-6-4-7-13-27)50-37(47)31-29-15-16-38(51-29)32(31)35(45)42(18-10-2-3-11-23-43)34(38)36(46)41(17-9-5-8-14-30(44)39-28)20-19-40-21-24-49-25-22-40/h4-7,9,12-13,15-16,28-29,31-34,43H,2-3,8,10-11,14,17-26H2,1H3,(H,39,44)/b9-5-/t28-,29+,31-,32-,33-,34+,38-/m0/s1. The van der Waals surface area contributed by atoms with E-state index in [4.69, 9.17) is 18.9 Å². The Hall–Kier alpha value is -3.62. The van der Waals surface area contributed by atoms with Crippen molar-refractivity contribution >= 4 is 23.7 Å². The Labute approximate surface area is 299 Å². The zero-order valence-electron chi connectivity index (χ0n) is 29.5. The summed E-state index contributed by atoms with van der Waals surface area (Å²) in [5.74, 6) is -3.32. The summed E-state index contributed by atoms with van der Waals surface area (Å²) in [7, 11) is 1.52. The van der Waals surface area contributed by atoms with E-state index in [9.17, 15) is 24.3 Å². The highest BCUT2D eigenvalue weighted by Crippen LogP contribution is 2.56. The van der Waals surface area contributed by atoms with E-state index in [-0.39, 0.29) is 37.4 Å². The fraction of sp³-hybridized carbons (Fsp3) is 0.632. The Morgan fingerprint density at radius 1 is 0.961 bits per heavy atom. The van der Waals surface area contributed by atoms with Gasteiger partial charge in [0.2, 0.25) is 17.7 Å². The number of aliphatic hydroxyl groups is 1. The Balaban J connectivity index is 1.36. The number of nitrogens with zero attached hydrogens (tertiary/aromatic N) is 3. The van der Waals surface area contributed by atoms with Crippen molar-refractivity contribution < 1.29 is 43.2 Å². The number of hydrogen-bond donors (Lipinski definition) is 2. The molecule has 5 aliphatic heterocycles. The lowest BCUT2D eigenvalue weighted by molar-refractivity contribution is -0.162. The summed E-state index contributed by atoms with van der Waals surface area (Å²) in [4.78, 5) is 62.8. The summed E-state index contributed by atoms with van der Waals surface area (Å²) in [5, 5.41) is 12.3. The Kier molecular flexibility index (Phi) is 12.6. The van der Waals surface area contributed by atoms with Crippen molar-refractivity contribution in [3.63, 3.8) is 0 Å². The van der Waals surface area contributed by atoms with Gasteiger partial charge in [-0.1, -0.05) is 67.5 Å². The van der Waals surface area contributed by atoms with E-state index in [1.54, 1.807) is 15.9 Å². The second kappa shape index (κ2) is 17.3. The first kappa shape index (κ1) is 37.1. The number of hydrogen-bond acceptors (Lipinski definition) is 10. The summed E-state index contributed by atoms with van der Waals surface area (Å²) in [6.07, 6.45) is 9.30. The molecular formula is C38H52N4O9. The van der Waals surface area contributed by atoms with Crippen LogP contribution in [-0.4, -0.2) is 140 Å². The normalized spacial score (nSPS) is 32.3. The molecule has 1 aromatic rings. The summed E-state index contributed by atoms with van der Waals surface area (Å²) >= 11 is 0. The Morgan fingerprint density at radius 3 is 2.51 bits per heavy atom.